The van der Waals surface area contributed by atoms with E-state index in [0.717, 1.165) is 6.42 Å². The van der Waals surface area contributed by atoms with E-state index in [-0.39, 0.29) is 10.7 Å². The Balaban J connectivity index is 2.47. The Kier molecular flexibility index (Phi) is 6.27. The van der Waals surface area contributed by atoms with Gasteiger partial charge in [-0.3, -0.25) is 4.79 Å². The summed E-state index contributed by atoms with van der Waals surface area (Å²) in [7, 11) is 0. The normalized spacial score (nSPS) is 12.8. The number of nitrogens with one attached hydrogen (secondary N) is 1. The third-order valence-electron chi connectivity index (χ3n) is 2.11. The smallest absolute Gasteiger partial charge is 0.253 e. The summed E-state index contributed by atoms with van der Waals surface area (Å²) in [6, 6.07) is 1.59. The average molecular weight is 359 g/mol. The van der Waals surface area contributed by atoms with Crippen molar-refractivity contribution < 1.29 is 4.79 Å². The van der Waals surface area contributed by atoms with Gasteiger partial charge in [0, 0.05) is 11.4 Å². The predicted molar refractivity (Wildman–Crippen MR) is 78.8 cm³/mol. The Morgan fingerprint density at radius 3 is 2.65 bits per heavy atom. The topological polar surface area (TPSA) is 29.1 Å². The molecule has 0 bridgehead atoms. The van der Waals surface area contributed by atoms with Gasteiger partial charge in [0.2, 0.25) is 0 Å². The highest BCUT2D eigenvalue weighted by molar-refractivity contribution is 9.09. The molecule has 1 rings (SSSR count). The van der Waals surface area contributed by atoms with Gasteiger partial charge in [0.15, 0.2) is 0 Å². The van der Waals surface area contributed by atoms with Crippen LogP contribution in [0.1, 0.15) is 30.6 Å². The summed E-state index contributed by atoms with van der Waals surface area (Å²) in [5.41, 5.74) is 0.450. The molecule has 6 heteroatoms. The van der Waals surface area contributed by atoms with E-state index in [1.54, 1.807) is 6.07 Å². The van der Waals surface area contributed by atoms with Crippen molar-refractivity contribution in [3.8, 4) is 0 Å². The first-order valence-electron chi connectivity index (χ1n) is 5.27. The van der Waals surface area contributed by atoms with E-state index in [1.807, 2.05) is 0 Å². The van der Waals surface area contributed by atoms with Gasteiger partial charge in [-0.25, -0.2) is 0 Å². The molecule has 0 fully saturated rings. The number of carbonyl (C=O) groups excluding carboxylic acids is 1. The molecule has 0 aliphatic carbocycles. The maximum absolute atomic E-state index is 11.8. The maximum atomic E-state index is 11.8. The molecule has 96 valence electrons. The number of carbonyl (C=O) groups is 1. The number of amides is 1. The van der Waals surface area contributed by atoms with E-state index in [4.69, 9.17) is 23.2 Å². The number of hydrogen-bond donors (Lipinski definition) is 1. The standard InChI is InChI=1S/C11H14BrCl2NOS/c1-6(2)3-7(12)5-15-11(16)8-4-9(13)17-10(8)14/h4,6-7H,3,5H2,1-2H3,(H,15,16). The third-order valence-corrected chi connectivity index (χ3v) is 4.30. The molecular formula is C11H14BrCl2NOS. The van der Waals surface area contributed by atoms with Crippen LogP contribution in [-0.4, -0.2) is 17.3 Å². The van der Waals surface area contributed by atoms with Crippen molar-refractivity contribution in [3.63, 3.8) is 0 Å². The Morgan fingerprint density at radius 1 is 1.53 bits per heavy atom. The van der Waals surface area contributed by atoms with E-state index in [1.165, 1.54) is 11.3 Å². The molecule has 1 unspecified atom stereocenters. The second-order valence-electron chi connectivity index (χ2n) is 4.17. The molecule has 0 spiro atoms. The Bertz CT molecular complexity index is 395. The van der Waals surface area contributed by atoms with E-state index in [9.17, 15) is 4.79 Å². The Morgan fingerprint density at radius 2 is 2.18 bits per heavy atom. The van der Waals surface area contributed by atoms with Gasteiger partial charge in [-0.15, -0.1) is 11.3 Å². The number of hydrogen-bond acceptors (Lipinski definition) is 2. The van der Waals surface area contributed by atoms with Gasteiger partial charge in [0.25, 0.3) is 5.91 Å². The fourth-order valence-corrected chi connectivity index (χ4v) is 3.76. The zero-order chi connectivity index (χ0) is 13.0. The predicted octanol–water partition coefficient (Wildman–Crippen LogP) is 4.59. The molecule has 0 aromatic carbocycles. The summed E-state index contributed by atoms with van der Waals surface area (Å²) < 4.78 is 0.959. The van der Waals surface area contributed by atoms with Crippen molar-refractivity contribution in [1.29, 1.82) is 0 Å². The zero-order valence-corrected chi connectivity index (χ0v) is 13.5. The van der Waals surface area contributed by atoms with Crippen LogP contribution in [0.25, 0.3) is 0 Å². The van der Waals surface area contributed by atoms with Crippen LogP contribution in [0.5, 0.6) is 0 Å². The average Bonchev–Trinajstić information content (AvgIpc) is 2.53. The first-order valence-corrected chi connectivity index (χ1v) is 7.76. The first-order chi connectivity index (χ1) is 7.90. The van der Waals surface area contributed by atoms with Gasteiger partial charge in [-0.05, 0) is 18.4 Å². The van der Waals surface area contributed by atoms with Crippen LogP contribution in [0.15, 0.2) is 6.07 Å². The second-order valence-corrected chi connectivity index (χ2v) is 7.76. The van der Waals surface area contributed by atoms with E-state index in [2.05, 4.69) is 35.1 Å². The van der Waals surface area contributed by atoms with E-state index < -0.39 is 0 Å². The first kappa shape index (κ1) is 15.3. The summed E-state index contributed by atoms with van der Waals surface area (Å²) in [4.78, 5) is 12.1. The molecule has 1 amide bonds. The largest absolute Gasteiger partial charge is 0.351 e. The van der Waals surface area contributed by atoms with Crippen molar-refractivity contribution in [1.82, 2.24) is 5.32 Å². The quantitative estimate of drug-likeness (QED) is 0.766. The van der Waals surface area contributed by atoms with Crippen molar-refractivity contribution in [3.05, 3.63) is 20.3 Å². The zero-order valence-electron chi connectivity index (χ0n) is 9.60. The molecule has 0 saturated carbocycles. The Labute approximate surface area is 124 Å². The highest BCUT2D eigenvalue weighted by Crippen LogP contribution is 2.30. The highest BCUT2D eigenvalue weighted by Gasteiger charge is 2.15. The summed E-state index contributed by atoms with van der Waals surface area (Å²) in [6.45, 7) is 4.87. The molecular weight excluding hydrogens is 345 g/mol. The van der Waals surface area contributed by atoms with Crippen LogP contribution in [-0.2, 0) is 0 Å². The van der Waals surface area contributed by atoms with Gasteiger partial charge in [0.05, 0.1) is 9.90 Å². The molecule has 0 aliphatic rings. The van der Waals surface area contributed by atoms with E-state index >= 15 is 0 Å². The van der Waals surface area contributed by atoms with Crippen LogP contribution >= 0.6 is 50.5 Å². The number of thiophene rings is 1. The van der Waals surface area contributed by atoms with Crippen molar-refractivity contribution in [2.45, 2.75) is 25.1 Å². The number of halogens is 3. The summed E-state index contributed by atoms with van der Waals surface area (Å²) >= 11 is 16.4. The number of alkyl halides is 1. The van der Waals surface area contributed by atoms with Gasteiger partial charge >= 0.3 is 0 Å². The summed E-state index contributed by atoms with van der Waals surface area (Å²) in [5, 5.41) is 2.84. The lowest BCUT2D eigenvalue weighted by Gasteiger charge is -2.12. The minimum Gasteiger partial charge on any atom is -0.351 e. The maximum Gasteiger partial charge on any atom is 0.253 e. The molecule has 1 aromatic heterocycles. The summed E-state index contributed by atoms with van der Waals surface area (Å²) in [5.74, 6) is 0.418. The molecule has 0 saturated heterocycles. The minimum absolute atomic E-state index is 0.175. The third kappa shape index (κ3) is 5.16. The molecule has 1 atom stereocenters. The lowest BCUT2D eigenvalue weighted by molar-refractivity contribution is 0.0954. The van der Waals surface area contributed by atoms with E-state index in [0.29, 0.717) is 26.7 Å². The minimum atomic E-state index is -0.175. The highest BCUT2D eigenvalue weighted by atomic mass is 79.9. The van der Waals surface area contributed by atoms with Gasteiger partial charge < -0.3 is 5.32 Å². The van der Waals surface area contributed by atoms with Crippen LogP contribution in [0.4, 0.5) is 0 Å². The monoisotopic (exact) mass is 357 g/mol. The molecule has 0 aliphatic heterocycles. The second kappa shape index (κ2) is 6.98. The van der Waals surface area contributed by atoms with Crippen molar-refractivity contribution in [2.24, 2.45) is 5.92 Å². The van der Waals surface area contributed by atoms with Crippen LogP contribution in [0, 0.1) is 5.92 Å². The molecule has 2 nitrogen and oxygen atoms in total. The van der Waals surface area contributed by atoms with Gasteiger partial charge in [-0.1, -0.05) is 53.0 Å². The fraction of sp³-hybridized carbons (Fsp3) is 0.545. The van der Waals surface area contributed by atoms with Crippen molar-refractivity contribution in [2.75, 3.05) is 6.54 Å². The fourth-order valence-electron chi connectivity index (χ4n) is 1.39. The van der Waals surface area contributed by atoms with Crippen molar-refractivity contribution >= 4 is 56.4 Å². The lowest BCUT2D eigenvalue weighted by atomic mass is 10.1. The van der Waals surface area contributed by atoms with Crippen LogP contribution in [0.2, 0.25) is 8.67 Å². The number of rotatable bonds is 5. The summed E-state index contributed by atoms with van der Waals surface area (Å²) in [6.07, 6.45) is 1.01. The van der Waals surface area contributed by atoms with Crippen LogP contribution < -0.4 is 5.32 Å². The lowest BCUT2D eigenvalue weighted by Crippen LogP contribution is -2.30. The molecule has 17 heavy (non-hydrogen) atoms. The Hall–Kier alpha value is 0.230. The molecule has 1 heterocycles. The SMILES string of the molecule is CC(C)CC(Br)CNC(=O)c1cc(Cl)sc1Cl. The van der Waals surface area contributed by atoms with Gasteiger partial charge in [-0.2, -0.15) is 0 Å². The molecule has 1 N–H and O–H groups in total. The van der Waals surface area contributed by atoms with Gasteiger partial charge in [0.1, 0.15) is 4.34 Å². The van der Waals surface area contributed by atoms with Crippen LogP contribution in [0.3, 0.4) is 0 Å². The molecule has 1 aromatic rings. The molecule has 0 radical (unpaired) electrons.